The Morgan fingerprint density at radius 1 is 0.769 bits per heavy atom. The molecule has 1 N–H and O–H groups in total. The van der Waals surface area contributed by atoms with Crippen molar-refractivity contribution in [2.45, 2.75) is 52.4 Å². The Morgan fingerprint density at radius 2 is 1.46 bits per heavy atom. The number of para-hydroxylation sites is 1. The minimum absolute atomic E-state index is 0.0861. The van der Waals surface area contributed by atoms with Crippen LogP contribution in [0, 0.1) is 6.57 Å². The zero-order valence-corrected chi connectivity index (χ0v) is 23.7. The van der Waals surface area contributed by atoms with Crippen LogP contribution < -0.4 is 0 Å². The van der Waals surface area contributed by atoms with Crippen molar-refractivity contribution in [2.24, 2.45) is 7.05 Å². The molecule has 0 aliphatic rings. The molecule has 0 saturated carbocycles. The fourth-order valence-corrected chi connectivity index (χ4v) is 4.99. The van der Waals surface area contributed by atoms with Crippen molar-refractivity contribution in [1.29, 1.82) is 0 Å². The summed E-state index contributed by atoms with van der Waals surface area (Å²) >= 11 is 0. The van der Waals surface area contributed by atoms with Crippen molar-refractivity contribution in [3.05, 3.63) is 95.3 Å². The molecule has 2 aromatic heterocycles. The summed E-state index contributed by atoms with van der Waals surface area (Å²) in [6, 6.07) is 24.1. The van der Waals surface area contributed by atoms with Crippen LogP contribution in [0.5, 0.6) is 5.75 Å². The fraction of sp³-hybridized carbons (Fsp3) is 0.265. The Kier molecular flexibility index (Phi) is 6.31. The Morgan fingerprint density at radius 3 is 2.15 bits per heavy atom. The van der Waals surface area contributed by atoms with E-state index in [0.29, 0.717) is 5.82 Å². The maximum atomic E-state index is 11.5. The van der Waals surface area contributed by atoms with Gasteiger partial charge < -0.3 is 14.5 Å². The number of hydrogen-bond donors (Lipinski definition) is 1. The van der Waals surface area contributed by atoms with Gasteiger partial charge in [0.1, 0.15) is 11.6 Å². The second-order valence-corrected chi connectivity index (χ2v) is 12.2. The number of benzene rings is 3. The lowest BCUT2D eigenvalue weighted by Crippen LogP contribution is -2.17. The summed E-state index contributed by atoms with van der Waals surface area (Å²) in [4.78, 5) is 13.1. The molecule has 0 unspecified atom stereocenters. The maximum absolute atomic E-state index is 11.5. The molecule has 0 spiro atoms. The van der Waals surface area contributed by atoms with Crippen LogP contribution >= 0.6 is 0 Å². The average Bonchev–Trinajstić information content (AvgIpc) is 3.23. The largest absolute Gasteiger partial charge is 0.507 e. The van der Waals surface area contributed by atoms with E-state index in [9.17, 15) is 5.11 Å². The molecule has 0 aliphatic carbocycles. The third-order valence-corrected chi connectivity index (χ3v) is 7.25. The summed E-state index contributed by atoms with van der Waals surface area (Å²) in [7, 11) is 2.00. The highest BCUT2D eigenvalue weighted by atomic mass is 16.3. The van der Waals surface area contributed by atoms with Crippen LogP contribution in [0.4, 0.5) is 5.82 Å². The van der Waals surface area contributed by atoms with E-state index in [2.05, 4.69) is 92.3 Å². The van der Waals surface area contributed by atoms with Gasteiger partial charge in [0.2, 0.25) is 0 Å². The lowest BCUT2D eigenvalue weighted by molar-refractivity contribution is 0.446. The highest BCUT2D eigenvalue weighted by Crippen LogP contribution is 2.43. The second-order valence-electron chi connectivity index (χ2n) is 12.2. The Labute approximate surface area is 230 Å². The number of aromatic nitrogens is 3. The highest BCUT2D eigenvalue weighted by molar-refractivity contribution is 5.95. The van der Waals surface area contributed by atoms with Gasteiger partial charge in [-0.25, -0.2) is 4.98 Å². The van der Waals surface area contributed by atoms with Gasteiger partial charge in [0, 0.05) is 23.7 Å². The van der Waals surface area contributed by atoms with E-state index in [1.807, 2.05) is 37.4 Å². The van der Waals surface area contributed by atoms with Crippen molar-refractivity contribution in [3.8, 4) is 39.5 Å². The Bertz CT molecular complexity index is 1760. The van der Waals surface area contributed by atoms with Gasteiger partial charge in [-0.3, -0.25) is 0 Å². The van der Waals surface area contributed by atoms with Gasteiger partial charge in [-0.1, -0.05) is 90.6 Å². The fourth-order valence-electron chi connectivity index (χ4n) is 4.99. The number of fused-ring (bicyclic) bond motifs is 1. The number of phenolic OH excluding ortho intramolecular Hbond substituents is 1. The summed E-state index contributed by atoms with van der Waals surface area (Å²) in [5.74, 6) is 1.39. The third kappa shape index (κ3) is 4.79. The molecular formula is C34H34N4O. The lowest BCUT2D eigenvalue weighted by Gasteiger charge is -2.27. The molecule has 0 radical (unpaired) electrons. The van der Waals surface area contributed by atoms with Gasteiger partial charge in [0.15, 0.2) is 5.69 Å². The zero-order valence-electron chi connectivity index (χ0n) is 23.7. The summed E-state index contributed by atoms with van der Waals surface area (Å²) < 4.78 is 2.07. The van der Waals surface area contributed by atoms with Crippen LogP contribution in [-0.2, 0) is 17.9 Å². The van der Waals surface area contributed by atoms with Crippen molar-refractivity contribution >= 4 is 16.9 Å². The number of aryl methyl sites for hydroxylation is 1. The molecule has 5 heteroatoms. The molecule has 5 rings (SSSR count). The third-order valence-electron chi connectivity index (χ3n) is 7.25. The van der Waals surface area contributed by atoms with Crippen LogP contribution in [0.25, 0.3) is 49.7 Å². The molecule has 0 fully saturated rings. The van der Waals surface area contributed by atoms with Crippen LogP contribution in [0.3, 0.4) is 0 Å². The van der Waals surface area contributed by atoms with E-state index in [1.54, 1.807) is 6.07 Å². The van der Waals surface area contributed by atoms with Crippen LogP contribution in [0.15, 0.2) is 72.8 Å². The molecule has 196 valence electrons. The normalized spacial score (nSPS) is 12.1. The summed E-state index contributed by atoms with van der Waals surface area (Å²) in [6.45, 7) is 20.3. The molecule has 0 aliphatic heterocycles. The number of imidazole rings is 1. The monoisotopic (exact) mass is 514 g/mol. The summed E-state index contributed by atoms with van der Waals surface area (Å²) in [5, 5.41) is 11.5. The molecular weight excluding hydrogens is 480 g/mol. The molecule has 3 aromatic carbocycles. The number of hydrogen-bond acceptors (Lipinski definition) is 3. The van der Waals surface area contributed by atoms with Crippen molar-refractivity contribution in [3.63, 3.8) is 0 Å². The predicted octanol–water partition coefficient (Wildman–Crippen LogP) is 8.82. The van der Waals surface area contributed by atoms with Gasteiger partial charge >= 0.3 is 0 Å². The highest BCUT2D eigenvalue weighted by Gasteiger charge is 2.27. The Hall–Kier alpha value is -4.43. The molecule has 0 amide bonds. The van der Waals surface area contributed by atoms with Crippen molar-refractivity contribution < 1.29 is 5.11 Å². The van der Waals surface area contributed by atoms with E-state index < -0.39 is 0 Å². The van der Waals surface area contributed by atoms with Crippen LogP contribution in [-0.4, -0.2) is 19.6 Å². The van der Waals surface area contributed by atoms with Gasteiger partial charge in [0.05, 0.1) is 16.6 Å². The molecule has 2 heterocycles. The average molecular weight is 515 g/mol. The first-order valence-electron chi connectivity index (χ1n) is 13.2. The number of nitrogens with zero attached hydrogens (tertiary/aromatic N) is 4. The van der Waals surface area contributed by atoms with E-state index >= 15 is 0 Å². The first-order valence-corrected chi connectivity index (χ1v) is 13.2. The van der Waals surface area contributed by atoms with Crippen LogP contribution in [0.1, 0.15) is 52.7 Å². The number of rotatable bonds is 3. The van der Waals surface area contributed by atoms with E-state index in [0.717, 1.165) is 55.9 Å². The Balaban J connectivity index is 1.71. The molecule has 39 heavy (non-hydrogen) atoms. The zero-order chi connectivity index (χ0) is 28.1. The predicted molar refractivity (Wildman–Crippen MR) is 160 cm³/mol. The number of phenols is 1. The second kappa shape index (κ2) is 9.39. The van der Waals surface area contributed by atoms with Crippen molar-refractivity contribution in [1.82, 2.24) is 14.5 Å². The molecule has 5 aromatic rings. The first-order chi connectivity index (χ1) is 18.4. The van der Waals surface area contributed by atoms with Gasteiger partial charge in [0.25, 0.3) is 5.82 Å². The van der Waals surface area contributed by atoms with E-state index in [4.69, 9.17) is 11.6 Å². The van der Waals surface area contributed by atoms with Crippen molar-refractivity contribution in [2.75, 3.05) is 0 Å². The SMILES string of the molecule is [C-]#[N+]c1cccc(-c2cccc(-c3cccc4c3nc(-c3cc(C(C)(C)C)cc(C(C)(C)C)c3O)n4C)c2)n1. The van der Waals surface area contributed by atoms with Gasteiger partial charge in [-0.2, -0.15) is 0 Å². The molecule has 5 nitrogen and oxygen atoms in total. The van der Waals surface area contributed by atoms with Gasteiger partial charge in [-0.15, -0.1) is 4.98 Å². The first kappa shape index (κ1) is 26.2. The van der Waals surface area contributed by atoms with E-state index in [1.165, 1.54) is 0 Å². The number of pyridine rings is 1. The van der Waals surface area contributed by atoms with Gasteiger partial charge in [-0.05, 0) is 52.3 Å². The summed E-state index contributed by atoms with van der Waals surface area (Å²) in [6.07, 6.45) is 0. The topological polar surface area (TPSA) is 55.3 Å². The standard InChI is InChI=1S/C34H34N4O/c1-33(2,3)23-19-25(31(39)26(20-23)34(4,5)6)32-37-30-24(14-10-16-28(30)38(32)8)21-12-9-13-22(18-21)27-15-11-17-29(35-7)36-27/h9-20,39H,1-6,8H3. The maximum Gasteiger partial charge on any atom is 0.270 e. The summed E-state index contributed by atoms with van der Waals surface area (Å²) in [5.41, 5.74) is 8.08. The minimum Gasteiger partial charge on any atom is -0.507 e. The van der Waals surface area contributed by atoms with Crippen LogP contribution in [0.2, 0.25) is 0 Å². The molecule has 0 bridgehead atoms. The lowest BCUT2D eigenvalue weighted by atomic mass is 9.79. The minimum atomic E-state index is -0.227. The molecule has 0 saturated heterocycles. The number of aromatic hydroxyl groups is 1. The molecule has 0 atom stereocenters. The van der Waals surface area contributed by atoms with E-state index in [-0.39, 0.29) is 16.6 Å². The smallest absolute Gasteiger partial charge is 0.270 e. The quantitative estimate of drug-likeness (QED) is 0.245.